The number of rotatable bonds is 7. The van der Waals surface area contributed by atoms with E-state index in [0.717, 1.165) is 17.8 Å². The van der Waals surface area contributed by atoms with E-state index < -0.39 is 66.2 Å². The largest absolute Gasteiger partial charge is 0.444 e. The van der Waals surface area contributed by atoms with Gasteiger partial charge in [0.15, 0.2) is 5.78 Å². The minimum atomic E-state index is -4.43. The van der Waals surface area contributed by atoms with Crippen molar-refractivity contribution in [2.75, 3.05) is 10.7 Å². The number of halogens is 5. The fraction of sp³-hybridized carbons (Fsp3) is 0.423. The second-order valence-electron chi connectivity index (χ2n) is 9.75. The summed E-state index contributed by atoms with van der Waals surface area (Å²) in [5, 5.41) is 3.03. The van der Waals surface area contributed by atoms with Crippen molar-refractivity contribution < 1.29 is 36.7 Å². The molecular weight excluding hydrogens is 548 g/mol. The van der Waals surface area contributed by atoms with Gasteiger partial charge in [-0.1, -0.05) is 23.7 Å². The topological polar surface area (TPSA) is 75.7 Å². The highest BCUT2D eigenvalue weighted by molar-refractivity contribution is 7.99. The van der Waals surface area contributed by atoms with E-state index in [1.165, 1.54) is 11.0 Å². The number of alkyl carbamates (subject to hydrolysis) is 1. The van der Waals surface area contributed by atoms with Gasteiger partial charge in [-0.25, -0.2) is 9.18 Å². The monoisotopic (exact) mass is 574 g/mol. The number of carbonyl (C=O) groups excluding carboxylic acids is 3. The van der Waals surface area contributed by atoms with Crippen LogP contribution >= 0.6 is 23.4 Å². The van der Waals surface area contributed by atoms with Crippen LogP contribution < -0.4 is 10.2 Å². The number of amides is 2. The van der Waals surface area contributed by atoms with E-state index >= 15 is 0 Å². The Hall–Kier alpha value is -2.79. The summed E-state index contributed by atoms with van der Waals surface area (Å²) in [5.74, 6) is -2.17. The molecule has 0 saturated heterocycles. The van der Waals surface area contributed by atoms with Crippen molar-refractivity contribution >= 4 is 46.8 Å². The molecule has 0 aliphatic carbocycles. The van der Waals surface area contributed by atoms with E-state index in [9.17, 15) is 31.9 Å². The van der Waals surface area contributed by atoms with E-state index in [1.54, 1.807) is 45.0 Å². The number of benzene rings is 2. The Morgan fingerprint density at radius 2 is 1.82 bits per heavy atom. The molecule has 38 heavy (non-hydrogen) atoms. The van der Waals surface area contributed by atoms with E-state index in [4.69, 9.17) is 16.3 Å². The fourth-order valence-corrected chi connectivity index (χ4v) is 4.91. The van der Waals surface area contributed by atoms with Crippen LogP contribution in [0.1, 0.15) is 56.0 Å². The van der Waals surface area contributed by atoms with Gasteiger partial charge in [0.2, 0.25) is 0 Å². The number of thioether (sulfide) groups is 1. The number of hydrogen-bond donors (Lipinski definition) is 1. The Bertz CT molecular complexity index is 1200. The van der Waals surface area contributed by atoms with Crippen LogP contribution in [0, 0.1) is 5.82 Å². The van der Waals surface area contributed by atoms with Gasteiger partial charge in [-0.05, 0) is 57.0 Å². The van der Waals surface area contributed by atoms with Gasteiger partial charge in [0.1, 0.15) is 17.5 Å². The van der Waals surface area contributed by atoms with Crippen LogP contribution in [0.25, 0.3) is 0 Å². The van der Waals surface area contributed by atoms with Crippen molar-refractivity contribution in [1.82, 2.24) is 5.32 Å². The molecule has 0 unspecified atom stereocenters. The zero-order chi connectivity index (χ0) is 28.3. The van der Waals surface area contributed by atoms with E-state index in [2.05, 4.69) is 5.32 Å². The number of anilines is 1. The lowest BCUT2D eigenvalue weighted by atomic mass is 10.0. The first-order valence-electron chi connectivity index (χ1n) is 11.7. The SMILES string of the molecule is CC(C)(C)OC(=O)N[C@H]1CSc2cc(F)c(C(=O)CCCC(F)(F)F)cc2N(Cc2ccc(Cl)cc2)C1=O. The number of ether oxygens (including phenoxy) is 1. The number of ketones is 1. The summed E-state index contributed by atoms with van der Waals surface area (Å²) in [4.78, 5) is 40.4. The maximum Gasteiger partial charge on any atom is 0.408 e. The van der Waals surface area contributed by atoms with Crippen molar-refractivity contribution in [2.24, 2.45) is 0 Å². The number of nitrogens with zero attached hydrogens (tertiary/aromatic N) is 1. The summed E-state index contributed by atoms with van der Waals surface area (Å²) in [7, 11) is 0. The van der Waals surface area contributed by atoms with Crippen LogP contribution in [0.15, 0.2) is 41.3 Å². The number of carbonyl (C=O) groups is 3. The Kier molecular flexibility index (Phi) is 9.35. The molecule has 0 radical (unpaired) electrons. The fourth-order valence-electron chi connectivity index (χ4n) is 3.71. The van der Waals surface area contributed by atoms with Crippen molar-refractivity contribution in [3.05, 3.63) is 58.4 Å². The molecule has 2 aromatic rings. The first kappa shape index (κ1) is 29.8. The summed E-state index contributed by atoms with van der Waals surface area (Å²) in [5.41, 5.74) is -0.330. The normalized spacial score (nSPS) is 16.1. The second-order valence-corrected chi connectivity index (χ2v) is 11.3. The number of fused-ring (bicyclic) bond motifs is 1. The average Bonchev–Trinajstić information content (AvgIpc) is 2.90. The van der Waals surface area contributed by atoms with Gasteiger partial charge in [0, 0.05) is 28.5 Å². The predicted octanol–water partition coefficient (Wildman–Crippen LogP) is 6.93. The van der Waals surface area contributed by atoms with Gasteiger partial charge >= 0.3 is 12.3 Å². The van der Waals surface area contributed by atoms with Gasteiger partial charge in [-0.3, -0.25) is 9.59 Å². The predicted molar refractivity (Wildman–Crippen MR) is 137 cm³/mol. The first-order chi connectivity index (χ1) is 17.6. The number of hydrogen-bond acceptors (Lipinski definition) is 5. The summed E-state index contributed by atoms with van der Waals surface area (Å²) in [6.07, 6.45) is -7.39. The Labute approximate surface area is 227 Å². The molecule has 1 atom stereocenters. The first-order valence-corrected chi connectivity index (χ1v) is 13.1. The quantitative estimate of drug-likeness (QED) is 0.287. The van der Waals surface area contributed by atoms with Gasteiger partial charge < -0.3 is 15.0 Å². The molecule has 1 N–H and O–H groups in total. The van der Waals surface area contributed by atoms with Gasteiger partial charge in [-0.2, -0.15) is 13.2 Å². The van der Waals surface area contributed by atoms with E-state index in [1.807, 2.05) is 0 Å². The number of Topliss-reactive ketones (excluding diaryl/α,β-unsaturated/α-hetero) is 1. The summed E-state index contributed by atoms with van der Waals surface area (Å²) < 4.78 is 57.8. The average molecular weight is 575 g/mol. The number of alkyl halides is 3. The van der Waals surface area contributed by atoms with Crippen LogP contribution in [0.2, 0.25) is 5.02 Å². The van der Waals surface area contributed by atoms with Gasteiger partial charge in [-0.15, -0.1) is 11.8 Å². The molecule has 1 aliphatic heterocycles. The van der Waals surface area contributed by atoms with E-state index in [-0.39, 0.29) is 18.0 Å². The van der Waals surface area contributed by atoms with Gasteiger partial charge in [0.05, 0.1) is 17.8 Å². The van der Waals surface area contributed by atoms with Crippen molar-refractivity contribution in [3.63, 3.8) is 0 Å². The molecule has 6 nitrogen and oxygen atoms in total. The third-order valence-corrected chi connectivity index (χ3v) is 6.81. The minimum absolute atomic E-state index is 0.00337. The third kappa shape index (κ3) is 8.36. The molecule has 0 saturated carbocycles. The molecule has 206 valence electrons. The Morgan fingerprint density at radius 3 is 2.42 bits per heavy atom. The van der Waals surface area contributed by atoms with Crippen LogP contribution in [-0.4, -0.2) is 41.4 Å². The maximum atomic E-state index is 14.9. The van der Waals surface area contributed by atoms with Crippen LogP contribution in [0.5, 0.6) is 0 Å². The summed E-state index contributed by atoms with van der Waals surface area (Å²) in [6, 6.07) is 7.89. The lowest BCUT2D eigenvalue weighted by molar-refractivity contribution is -0.135. The van der Waals surface area contributed by atoms with Crippen LogP contribution in [0.3, 0.4) is 0 Å². The molecule has 3 rings (SSSR count). The van der Waals surface area contributed by atoms with Gasteiger partial charge in [0.25, 0.3) is 5.91 Å². The standard InChI is InChI=1S/C26H27ClF4N2O4S/c1-25(2,3)37-24(36)32-19-14-38-22-12-18(28)17(21(34)5-4-10-26(29,30)31)11-20(22)33(23(19)35)13-15-6-8-16(27)9-7-15/h6-9,11-12,19H,4-5,10,13-14H2,1-3H3,(H,32,36)/t19-/m0/s1. The number of nitrogens with one attached hydrogen (secondary N) is 1. The smallest absolute Gasteiger partial charge is 0.408 e. The maximum absolute atomic E-state index is 14.9. The van der Waals surface area contributed by atoms with Crippen LogP contribution in [-0.2, 0) is 16.1 Å². The molecule has 0 spiro atoms. The third-order valence-electron chi connectivity index (χ3n) is 5.42. The molecule has 2 aromatic carbocycles. The zero-order valence-electron chi connectivity index (χ0n) is 21.0. The molecule has 2 amide bonds. The molecule has 12 heteroatoms. The molecule has 1 heterocycles. The highest BCUT2D eigenvalue weighted by atomic mass is 35.5. The Balaban J connectivity index is 1.95. The van der Waals surface area contributed by atoms with E-state index in [0.29, 0.717) is 15.5 Å². The van der Waals surface area contributed by atoms with Crippen molar-refractivity contribution in [2.45, 2.75) is 69.3 Å². The highest BCUT2D eigenvalue weighted by Crippen LogP contribution is 2.38. The van der Waals surface area contributed by atoms with Crippen molar-refractivity contribution in [1.29, 1.82) is 0 Å². The molecule has 0 aromatic heterocycles. The summed E-state index contributed by atoms with van der Waals surface area (Å²) in [6.45, 7) is 5.03. The molecular formula is C26H27ClF4N2O4S. The summed E-state index contributed by atoms with van der Waals surface area (Å²) >= 11 is 7.07. The second kappa shape index (κ2) is 11.9. The van der Waals surface area contributed by atoms with Crippen LogP contribution in [0.4, 0.5) is 28.0 Å². The van der Waals surface area contributed by atoms with Crippen molar-refractivity contribution in [3.8, 4) is 0 Å². The molecule has 0 fully saturated rings. The zero-order valence-corrected chi connectivity index (χ0v) is 22.5. The lowest BCUT2D eigenvalue weighted by Crippen LogP contribution is -2.50. The minimum Gasteiger partial charge on any atom is -0.444 e. The highest BCUT2D eigenvalue weighted by Gasteiger charge is 2.34. The molecule has 0 bridgehead atoms. The molecule has 1 aliphatic rings. The lowest BCUT2D eigenvalue weighted by Gasteiger charge is -2.27. The Morgan fingerprint density at radius 1 is 1.16 bits per heavy atom.